The van der Waals surface area contributed by atoms with Gasteiger partial charge in [0.2, 0.25) is 5.91 Å². The Bertz CT molecular complexity index is 772. The smallest absolute Gasteiger partial charge is 0.279 e. The first-order valence-corrected chi connectivity index (χ1v) is 8.35. The van der Waals surface area contributed by atoms with Gasteiger partial charge in [-0.05, 0) is 55.7 Å². The molecule has 1 atom stereocenters. The summed E-state index contributed by atoms with van der Waals surface area (Å²) in [4.78, 5) is 24.1. The number of nitrogens with one attached hydrogen (secondary N) is 2. The van der Waals surface area contributed by atoms with E-state index in [9.17, 15) is 9.59 Å². The molecule has 0 aromatic heterocycles. The number of hydrogen-bond acceptors (Lipinski definition) is 4. The Hall–Kier alpha value is -3.02. The topological polar surface area (TPSA) is 76.7 Å². The van der Waals surface area contributed by atoms with Crippen LogP contribution in [-0.4, -0.2) is 25.0 Å². The van der Waals surface area contributed by atoms with Gasteiger partial charge in [-0.3, -0.25) is 20.4 Å². The van der Waals surface area contributed by atoms with E-state index in [-0.39, 0.29) is 12.3 Å². The van der Waals surface area contributed by atoms with Crippen LogP contribution >= 0.6 is 0 Å². The number of benzene rings is 2. The maximum absolute atomic E-state index is 12.1. The fraction of sp³-hybridized carbons (Fsp3) is 0.300. The first-order valence-electron chi connectivity index (χ1n) is 8.35. The van der Waals surface area contributed by atoms with E-state index in [0.717, 1.165) is 22.4 Å². The molecule has 138 valence electrons. The molecule has 2 N–H and O–H groups in total. The van der Waals surface area contributed by atoms with Crippen LogP contribution in [0.5, 0.6) is 11.5 Å². The minimum absolute atomic E-state index is 0.149. The number of carbonyl (C=O) groups excluding carboxylic acids is 2. The van der Waals surface area contributed by atoms with Gasteiger partial charge in [-0.1, -0.05) is 24.3 Å². The van der Waals surface area contributed by atoms with Gasteiger partial charge in [0, 0.05) is 0 Å². The second-order valence-corrected chi connectivity index (χ2v) is 6.02. The zero-order chi connectivity index (χ0) is 19.1. The quantitative estimate of drug-likeness (QED) is 0.780. The molecule has 0 saturated carbocycles. The van der Waals surface area contributed by atoms with Gasteiger partial charge in [-0.25, -0.2) is 0 Å². The number of rotatable bonds is 6. The molecule has 0 bridgehead atoms. The molecule has 0 aliphatic heterocycles. The van der Waals surface area contributed by atoms with Crippen LogP contribution < -0.4 is 20.3 Å². The Morgan fingerprint density at radius 3 is 2.38 bits per heavy atom. The van der Waals surface area contributed by atoms with Gasteiger partial charge in [-0.15, -0.1) is 0 Å². The van der Waals surface area contributed by atoms with Gasteiger partial charge < -0.3 is 9.47 Å². The van der Waals surface area contributed by atoms with Crippen molar-refractivity contribution in [2.24, 2.45) is 0 Å². The summed E-state index contributed by atoms with van der Waals surface area (Å²) in [6, 6.07) is 12.8. The largest absolute Gasteiger partial charge is 0.497 e. The lowest BCUT2D eigenvalue weighted by molar-refractivity contribution is -0.132. The van der Waals surface area contributed by atoms with Crippen LogP contribution in [0.15, 0.2) is 42.5 Å². The summed E-state index contributed by atoms with van der Waals surface area (Å²) in [6.07, 6.45) is -0.590. The Morgan fingerprint density at radius 2 is 1.73 bits per heavy atom. The highest BCUT2D eigenvalue weighted by Crippen LogP contribution is 2.21. The minimum atomic E-state index is -0.739. The van der Waals surface area contributed by atoms with E-state index >= 15 is 0 Å². The maximum Gasteiger partial charge on any atom is 0.279 e. The molecule has 2 rings (SSSR count). The molecule has 0 aliphatic carbocycles. The highest BCUT2D eigenvalue weighted by atomic mass is 16.5. The first kappa shape index (κ1) is 19.3. The molecule has 6 heteroatoms. The average Bonchev–Trinajstić information content (AvgIpc) is 2.64. The van der Waals surface area contributed by atoms with Crippen molar-refractivity contribution < 1.29 is 19.1 Å². The summed E-state index contributed by atoms with van der Waals surface area (Å²) in [6.45, 7) is 5.55. The van der Waals surface area contributed by atoms with Crippen molar-refractivity contribution in [3.63, 3.8) is 0 Å². The van der Waals surface area contributed by atoms with Gasteiger partial charge in [0.1, 0.15) is 11.5 Å². The van der Waals surface area contributed by atoms with E-state index in [2.05, 4.69) is 10.9 Å². The third-order valence-corrected chi connectivity index (χ3v) is 4.08. The fourth-order valence-electron chi connectivity index (χ4n) is 2.30. The SMILES string of the molecule is COc1ccc(CC(=O)NNC(=O)[C@@H](C)Oc2cccc(C)c2C)cc1. The molecule has 0 spiro atoms. The molecular weight excluding hydrogens is 332 g/mol. The molecule has 2 amide bonds. The molecule has 2 aromatic carbocycles. The monoisotopic (exact) mass is 356 g/mol. The second-order valence-electron chi connectivity index (χ2n) is 6.02. The van der Waals surface area contributed by atoms with Crippen molar-refractivity contribution in [3.8, 4) is 11.5 Å². The van der Waals surface area contributed by atoms with Crippen LogP contribution in [0.4, 0.5) is 0 Å². The van der Waals surface area contributed by atoms with Crippen molar-refractivity contribution >= 4 is 11.8 Å². The van der Waals surface area contributed by atoms with Gasteiger partial charge in [-0.2, -0.15) is 0 Å². The standard InChI is InChI=1S/C20H24N2O4/c1-13-6-5-7-18(14(13)2)26-15(3)20(24)22-21-19(23)12-16-8-10-17(25-4)11-9-16/h5-11,15H,12H2,1-4H3,(H,21,23)(H,22,24)/t15-/m1/s1. The lowest BCUT2D eigenvalue weighted by Gasteiger charge is -2.17. The van der Waals surface area contributed by atoms with E-state index < -0.39 is 12.0 Å². The fourth-order valence-corrected chi connectivity index (χ4v) is 2.30. The Morgan fingerprint density at radius 1 is 1.04 bits per heavy atom. The molecule has 0 radical (unpaired) electrons. The molecule has 0 saturated heterocycles. The van der Waals surface area contributed by atoms with Crippen LogP contribution in [0.3, 0.4) is 0 Å². The Balaban J connectivity index is 1.82. The molecule has 26 heavy (non-hydrogen) atoms. The summed E-state index contributed by atoms with van der Waals surface area (Å²) in [5, 5.41) is 0. The molecule has 0 heterocycles. The van der Waals surface area contributed by atoms with Gasteiger partial charge in [0.05, 0.1) is 13.5 Å². The van der Waals surface area contributed by atoms with Crippen LogP contribution in [0, 0.1) is 13.8 Å². The molecule has 2 aromatic rings. The van der Waals surface area contributed by atoms with Gasteiger partial charge >= 0.3 is 0 Å². The minimum Gasteiger partial charge on any atom is -0.497 e. The number of hydrazine groups is 1. The van der Waals surface area contributed by atoms with E-state index in [1.54, 1.807) is 38.3 Å². The third kappa shape index (κ3) is 5.24. The predicted molar refractivity (Wildman–Crippen MR) is 99.0 cm³/mol. The molecule has 0 aliphatic rings. The number of carbonyl (C=O) groups is 2. The summed E-state index contributed by atoms with van der Waals surface area (Å²) < 4.78 is 10.8. The van der Waals surface area contributed by atoms with Crippen molar-refractivity contribution in [3.05, 3.63) is 59.2 Å². The van der Waals surface area contributed by atoms with E-state index in [4.69, 9.17) is 9.47 Å². The van der Waals surface area contributed by atoms with Crippen molar-refractivity contribution in [1.29, 1.82) is 0 Å². The number of methoxy groups -OCH3 is 1. The van der Waals surface area contributed by atoms with Crippen LogP contribution in [-0.2, 0) is 16.0 Å². The van der Waals surface area contributed by atoms with Gasteiger partial charge in [0.25, 0.3) is 5.91 Å². The Labute approximate surface area is 153 Å². The third-order valence-electron chi connectivity index (χ3n) is 4.08. The zero-order valence-electron chi connectivity index (χ0n) is 15.5. The summed E-state index contributed by atoms with van der Waals surface area (Å²) in [7, 11) is 1.58. The summed E-state index contributed by atoms with van der Waals surface area (Å²) >= 11 is 0. The maximum atomic E-state index is 12.1. The number of amides is 2. The molecule has 0 fully saturated rings. The number of aryl methyl sites for hydroxylation is 1. The van der Waals surface area contributed by atoms with Crippen molar-refractivity contribution in [2.45, 2.75) is 33.3 Å². The Kier molecular flexibility index (Phi) is 6.60. The normalized spacial score (nSPS) is 11.4. The predicted octanol–water partition coefficient (Wildman–Crippen LogP) is 2.47. The highest BCUT2D eigenvalue weighted by Gasteiger charge is 2.16. The lowest BCUT2D eigenvalue weighted by Crippen LogP contribution is -2.47. The summed E-state index contributed by atoms with van der Waals surface area (Å²) in [5.41, 5.74) is 7.68. The van der Waals surface area contributed by atoms with Crippen molar-refractivity contribution in [2.75, 3.05) is 7.11 Å². The van der Waals surface area contributed by atoms with E-state index in [0.29, 0.717) is 5.75 Å². The molecule has 0 unspecified atom stereocenters. The molecular formula is C20H24N2O4. The van der Waals surface area contributed by atoms with Crippen molar-refractivity contribution in [1.82, 2.24) is 10.9 Å². The summed E-state index contributed by atoms with van der Waals surface area (Å²) in [5.74, 6) is 0.633. The van der Waals surface area contributed by atoms with Gasteiger partial charge in [0.15, 0.2) is 6.10 Å². The van der Waals surface area contributed by atoms with Crippen LogP contribution in [0.25, 0.3) is 0 Å². The van der Waals surface area contributed by atoms with E-state index in [1.807, 2.05) is 32.0 Å². The highest BCUT2D eigenvalue weighted by molar-refractivity contribution is 5.85. The number of ether oxygens (including phenoxy) is 2. The lowest BCUT2D eigenvalue weighted by atomic mass is 10.1. The zero-order valence-corrected chi connectivity index (χ0v) is 15.5. The van der Waals surface area contributed by atoms with Crippen LogP contribution in [0.2, 0.25) is 0 Å². The first-order chi connectivity index (χ1) is 12.4. The van der Waals surface area contributed by atoms with Crippen LogP contribution in [0.1, 0.15) is 23.6 Å². The average molecular weight is 356 g/mol. The molecule has 6 nitrogen and oxygen atoms in total. The second kappa shape index (κ2) is 8.89. The number of hydrogen-bond donors (Lipinski definition) is 2. The van der Waals surface area contributed by atoms with E-state index in [1.165, 1.54) is 0 Å².